The van der Waals surface area contributed by atoms with Gasteiger partial charge < -0.3 is 18.9 Å². The average molecular weight is 1070 g/mol. The Balaban J connectivity index is 4.04. The number of phosphoric ester groups is 1. The number of rotatable bonds is 57. The zero-order chi connectivity index (χ0) is 54.9. The Labute approximate surface area is 463 Å². The number of hydrogen-bond acceptors (Lipinski definition) is 7. The van der Waals surface area contributed by atoms with E-state index in [2.05, 4.69) is 86.8 Å². The summed E-state index contributed by atoms with van der Waals surface area (Å²) in [7, 11) is 1.48. The van der Waals surface area contributed by atoms with Crippen LogP contribution in [0, 0.1) is 0 Å². The van der Waals surface area contributed by atoms with Gasteiger partial charge in [-0.15, -0.1) is 0 Å². The van der Waals surface area contributed by atoms with Crippen LogP contribution in [0.25, 0.3) is 0 Å². The van der Waals surface area contributed by atoms with E-state index in [1.165, 1.54) is 167 Å². The van der Waals surface area contributed by atoms with E-state index in [1.807, 2.05) is 21.1 Å². The fraction of sp³-hybridized carbons (Fsp3) is 0.785. The molecule has 0 rings (SSSR count). The molecule has 0 aromatic carbocycles. The molecular weight excluding hydrogens is 954 g/mol. The van der Waals surface area contributed by atoms with E-state index in [4.69, 9.17) is 18.5 Å². The van der Waals surface area contributed by atoms with Crippen molar-refractivity contribution in [3.05, 3.63) is 72.9 Å². The fourth-order valence-electron chi connectivity index (χ4n) is 8.69. The maximum absolute atomic E-state index is 12.8. The number of unbranched alkanes of at least 4 members (excludes halogenated alkanes) is 31. The summed E-state index contributed by atoms with van der Waals surface area (Å²) in [6, 6.07) is 0. The number of esters is 2. The quantitative estimate of drug-likeness (QED) is 0.0211. The van der Waals surface area contributed by atoms with Gasteiger partial charge in [0.05, 0.1) is 27.7 Å². The summed E-state index contributed by atoms with van der Waals surface area (Å²) in [6.45, 7) is 4.32. The summed E-state index contributed by atoms with van der Waals surface area (Å²) in [4.78, 5) is 35.7. The molecule has 1 N–H and O–H groups in total. The van der Waals surface area contributed by atoms with Gasteiger partial charge in [0.25, 0.3) is 0 Å². The number of hydrogen-bond donors (Lipinski definition) is 1. The zero-order valence-corrected chi connectivity index (χ0v) is 50.4. The van der Waals surface area contributed by atoms with Gasteiger partial charge in [-0.2, -0.15) is 0 Å². The number of ether oxygens (including phenoxy) is 2. The van der Waals surface area contributed by atoms with Crippen LogP contribution >= 0.6 is 7.82 Å². The van der Waals surface area contributed by atoms with E-state index in [9.17, 15) is 19.0 Å². The zero-order valence-electron chi connectivity index (χ0n) is 49.5. The first kappa shape index (κ1) is 72.5. The number of carbonyl (C=O) groups excluding carboxylic acids is 2. The maximum Gasteiger partial charge on any atom is 0.472 e. The van der Waals surface area contributed by atoms with Gasteiger partial charge in [-0.25, -0.2) is 4.57 Å². The molecule has 0 spiro atoms. The van der Waals surface area contributed by atoms with Crippen LogP contribution in [-0.2, 0) is 32.7 Å². The lowest BCUT2D eigenvalue weighted by Crippen LogP contribution is -2.37. The van der Waals surface area contributed by atoms with Gasteiger partial charge in [0, 0.05) is 12.8 Å². The second-order valence-corrected chi connectivity index (χ2v) is 23.5. The summed E-state index contributed by atoms with van der Waals surface area (Å²) in [5.41, 5.74) is 0. The Morgan fingerprint density at radius 2 is 0.760 bits per heavy atom. The Morgan fingerprint density at radius 1 is 0.427 bits per heavy atom. The van der Waals surface area contributed by atoms with Crippen LogP contribution in [0.15, 0.2) is 72.9 Å². The minimum absolute atomic E-state index is 0.0298. The molecule has 0 aromatic rings. The van der Waals surface area contributed by atoms with Crippen LogP contribution in [0.4, 0.5) is 0 Å². The van der Waals surface area contributed by atoms with Crippen LogP contribution in [0.2, 0.25) is 0 Å². The van der Waals surface area contributed by atoms with Crippen LogP contribution < -0.4 is 0 Å². The van der Waals surface area contributed by atoms with Crippen molar-refractivity contribution in [2.24, 2.45) is 0 Å². The van der Waals surface area contributed by atoms with E-state index < -0.39 is 26.5 Å². The number of likely N-dealkylation sites (N-methyl/N-ethyl adjacent to an activating group) is 1. The average Bonchev–Trinajstić information content (AvgIpc) is 3.37. The van der Waals surface area contributed by atoms with Gasteiger partial charge in [0.15, 0.2) is 6.10 Å². The summed E-state index contributed by atoms with van der Waals surface area (Å²) < 4.78 is 34.6. The van der Waals surface area contributed by atoms with Crippen LogP contribution in [-0.4, -0.2) is 74.9 Å². The molecule has 0 aliphatic carbocycles. The molecule has 2 unspecified atom stereocenters. The molecule has 75 heavy (non-hydrogen) atoms. The van der Waals surface area contributed by atoms with Crippen molar-refractivity contribution in [1.29, 1.82) is 0 Å². The Bertz CT molecular complexity index is 1500. The smallest absolute Gasteiger partial charge is 0.462 e. The third-order valence-corrected chi connectivity index (χ3v) is 14.5. The number of carbonyl (C=O) groups is 2. The summed E-state index contributed by atoms with van der Waals surface area (Å²) in [5.74, 6) is -0.798. The predicted molar refractivity (Wildman–Crippen MR) is 321 cm³/mol. The number of phosphoric acid groups is 1. The van der Waals surface area contributed by atoms with Gasteiger partial charge in [-0.3, -0.25) is 18.6 Å². The molecule has 0 radical (unpaired) electrons. The number of nitrogens with zero attached hydrogens (tertiary/aromatic N) is 1. The fourth-order valence-corrected chi connectivity index (χ4v) is 9.43. The SMILES string of the molecule is CC/C=C\C/C=C\C/C=C\C/C=C\CCCCCCCCCCCCCCCCCCCCCCC(=O)OC(COC(=O)CCCCCCCCC/C=C\C/C=C\CCCCCC)COP(=O)(O)OCC[N+](C)(C)C. The molecular formula is C65H119NO8P+. The van der Waals surface area contributed by atoms with E-state index >= 15 is 0 Å². The molecule has 0 saturated carbocycles. The van der Waals surface area contributed by atoms with Gasteiger partial charge in [-0.1, -0.05) is 254 Å². The summed E-state index contributed by atoms with van der Waals surface area (Å²) in [6.07, 6.45) is 74.1. The lowest BCUT2D eigenvalue weighted by atomic mass is 10.0. The molecule has 9 nitrogen and oxygen atoms in total. The normalized spacial score (nSPS) is 13.7. The largest absolute Gasteiger partial charge is 0.472 e. The predicted octanol–water partition coefficient (Wildman–Crippen LogP) is 19.7. The van der Waals surface area contributed by atoms with Crippen molar-refractivity contribution in [3.8, 4) is 0 Å². The third-order valence-electron chi connectivity index (χ3n) is 13.5. The highest BCUT2D eigenvalue weighted by molar-refractivity contribution is 7.47. The Kier molecular flexibility index (Phi) is 54.3. The third kappa shape index (κ3) is 60.5. The minimum Gasteiger partial charge on any atom is -0.462 e. The molecule has 0 aliphatic heterocycles. The van der Waals surface area contributed by atoms with Crippen molar-refractivity contribution in [1.82, 2.24) is 0 Å². The van der Waals surface area contributed by atoms with Crippen molar-refractivity contribution in [2.45, 2.75) is 283 Å². The molecule has 2 atom stereocenters. The van der Waals surface area contributed by atoms with E-state index in [0.717, 1.165) is 77.0 Å². The monoisotopic (exact) mass is 1070 g/mol. The minimum atomic E-state index is -4.39. The second kappa shape index (κ2) is 56.2. The molecule has 10 heteroatoms. The van der Waals surface area contributed by atoms with E-state index in [0.29, 0.717) is 17.4 Å². The van der Waals surface area contributed by atoms with Gasteiger partial charge in [-0.05, 0) is 83.5 Å². The highest BCUT2D eigenvalue weighted by Gasteiger charge is 2.27. The molecule has 0 aromatic heterocycles. The van der Waals surface area contributed by atoms with Crippen molar-refractivity contribution >= 4 is 19.8 Å². The van der Waals surface area contributed by atoms with Crippen LogP contribution in [0.1, 0.15) is 277 Å². The second-order valence-electron chi connectivity index (χ2n) is 22.1. The van der Waals surface area contributed by atoms with E-state index in [1.54, 1.807) is 0 Å². The van der Waals surface area contributed by atoms with Crippen molar-refractivity contribution in [3.63, 3.8) is 0 Å². The molecule has 436 valence electrons. The highest BCUT2D eigenvalue weighted by atomic mass is 31.2. The first-order valence-electron chi connectivity index (χ1n) is 31.2. The number of quaternary nitrogens is 1. The lowest BCUT2D eigenvalue weighted by molar-refractivity contribution is -0.870. The topological polar surface area (TPSA) is 108 Å². The summed E-state index contributed by atoms with van der Waals surface area (Å²) in [5, 5.41) is 0. The van der Waals surface area contributed by atoms with Gasteiger partial charge in [0.1, 0.15) is 19.8 Å². The summed E-state index contributed by atoms with van der Waals surface area (Å²) >= 11 is 0. The van der Waals surface area contributed by atoms with Crippen molar-refractivity contribution < 1.29 is 42.1 Å². The standard InChI is InChI=1S/C65H118NO8P/c1-6-8-10-12-14-16-18-20-22-24-26-27-28-29-30-31-32-33-34-35-36-37-38-39-40-42-44-46-48-50-52-54-56-58-65(68)74-63(62-73-75(69,70)72-60-59-66(3,4)5)61-71-64(67)57-55-53-51-49-47-45-43-41-25-23-21-19-17-15-13-11-9-7-2/h8,10,14,16-17,19-20,22-23,25-27,63H,6-7,9,11-13,15,18,21,24,28-62H2,1-5H3/p+1/b10-8-,16-14-,19-17-,22-20-,25-23-,27-26-. The number of allylic oxidation sites excluding steroid dienone is 12. The molecule has 0 heterocycles. The van der Waals surface area contributed by atoms with Gasteiger partial charge >= 0.3 is 19.8 Å². The molecule has 0 fully saturated rings. The first-order valence-corrected chi connectivity index (χ1v) is 32.7. The maximum atomic E-state index is 12.8. The van der Waals surface area contributed by atoms with Crippen molar-refractivity contribution in [2.75, 3.05) is 47.5 Å². The van der Waals surface area contributed by atoms with Gasteiger partial charge in [0.2, 0.25) is 0 Å². The van der Waals surface area contributed by atoms with Crippen LogP contribution in [0.5, 0.6) is 0 Å². The lowest BCUT2D eigenvalue weighted by Gasteiger charge is -2.24. The first-order chi connectivity index (χ1) is 36.5. The molecule has 0 aliphatic rings. The van der Waals surface area contributed by atoms with E-state index in [-0.39, 0.29) is 32.0 Å². The highest BCUT2D eigenvalue weighted by Crippen LogP contribution is 2.43. The Morgan fingerprint density at radius 3 is 1.13 bits per heavy atom. The Hall–Kier alpha value is -2.55. The molecule has 0 saturated heterocycles. The molecule has 0 bridgehead atoms. The van der Waals surface area contributed by atoms with Crippen LogP contribution in [0.3, 0.4) is 0 Å². The molecule has 0 amide bonds.